The van der Waals surface area contributed by atoms with Crippen molar-refractivity contribution in [1.29, 1.82) is 0 Å². The molecule has 0 radical (unpaired) electrons. The van der Waals surface area contributed by atoms with E-state index in [-0.39, 0.29) is 21.9 Å². The number of hydrogen-bond donors (Lipinski definition) is 2. The van der Waals surface area contributed by atoms with Gasteiger partial charge in [0.2, 0.25) is 0 Å². The zero-order chi connectivity index (χ0) is 14.4. The molecule has 0 aliphatic carbocycles. The molecule has 2 rings (SSSR count). The van der Waals surface area contributed by atoms with E-state index < -0.39 is 4.92 Å². The van der Waals surface area contributed by atoms with E-state index in [4.69, 9.17) is 10.2 Å². The average Bonchev–Trinajstić information content (AvgIpc) is 2.37. The molecule has 0 bridgehead atoms. The molecule has 9 heteroatoms. The highest BCUT2D eigenvalue weighted by Crippen LogP contribution is 2.23. The molecule has 0 aliphatic heterocycles. The summed E-state index contributed by atoms with van der Waals surface area (Å²) < 4.78 is 0.562. The van der Waals surface area contributed by atoms with Crippen LogP contribution in [0.4, 0.5) is 5.82 Å². The number of nitro groups is 1. The molecular formula is C10H7Br2N3O4. The molecule has 0 spiro atoms. The maximum atomic E-state index is 10.1. The van der Waals surface area contributed by atoms with Crippen LogP contribution in [0, 0.1) is 10.1 Å². The lowest BCUT2D eigenvalue weighted by Crippen LogP contribution is -1.91. The Labute approximate surface area is 124 Å². The van der Waals surface area contributed by atoms with Crippen molar-refractivity contribution in [2.24, 2.45) is 0 Å². The molecule has 0 fully saturated rings. The summed E-state index contributed by atoms with van der Waals surface area (Å²) in [7, 11) is 0. The Balaban J connectivity index is 0.000000200. The summed E-state index contributed by atoms with van der Waals surface area (Å²) in [5.74, 6) is -0.238. The lowest BCUT2D eigenvalue weighted by molar-refractivity contribution is -0.389. The first kappa shape index (κ1) is 15.3. The molecule has 7 nitrogen and oxygen atoms in total. The molecule has 2 heterocycles. The number of nitrogens with zero attached hydrogens (tertiary/aromatic N) is 3. The predicted octanol–water partition coefficient (Wildman–Crippen LogP) is 3.01. The maximum absolute atomic E-state index is 10.1. The van der Waals surface area contributed by atoms with Crippen molar-refractivity contribution in [3.8, 4) is 11.5 Å². The van der Waals surface area contributed by atoms with E-state index in [1.54, 1.807) is 18.3 Å². The second kappa shape index (κ2) is 7.00. The quantitative estimate of drug-likeness (QED) is 0.438. The number of aromatic hydroxyl groups is 2. The van der Waals surface area contributed by atoms with E-state index in [0.717, 1.165) is 6.07 Å². The number of hydrogen-bond acceptors (Lipinski definition) is 6. The Hall–Kier alpha value is -1.74. The molecule has 0 saturated heterocycles. The van der Waals surface area contributed by atoms with E-state index in [1.807, 2.05) is 0 Å². The molecule has 19 heavy (non-hydrogen) atoms. The summed E-state index contributed by atoms with van der Waals surface area (Å²) >= 11 is 5.88. The van der Waals surface area contributed by atoms with Crippen molar-refractivity contribution in [3.05, 3.63) is 49.8 Å². The summed E-state index contributed by atoms with van der Waals surface area (Å²) in [5, 5.41) is 27.8. The summed E-state index contributed by atoms with van der Waals surface area (Å²) in [6.45, 7) is 0. The van der Waals surface area contributed by atoms with Gasteiger partial charge in [-0.1, -0.05) is 0 Å². The molecule has 0 unspecified atom stereocenters. The third-order valence-electron chi connectivity index (χ3n) is 1.74. The van der Waals surface area contributed by atoms with Gasteiger partial charge in [-0.05, 0) is 44.0 Å². The van der Waals surface area contributed by atoms with Crippen LogP contribution in [0.3, 0.4) is 0 Å². The minimum Gasteiger partial charge on any atom is -0.505 e. The molecule has 0 saturated carbocycles. The summed E-state index contributed by atoms with van der Waals surface area (Å²) in [4.78, 5) is 16.7. The van der Waals surface area contributed by atoms with Gasteiger partial charge in [-0.25, -0.2) is 4.98 Å². The van der Waals surface area contributed by atoms with E-state index in [2.05, 4.69) is 41.8 Å². The first-order valence-corrected chi connectivity index (χ1v) is 6.29. The molecule has 2 N–H and O–H groups in total. The van der Waals surface area contributed by atoms with Gasteiger partial charge in [0.1, 0.15) is 10.4 Å². The van der Waals surface area contributed by atoms with Gasteiger partial charge >= 0.3 is 5.82 Å². The predicted molar refractivity (Wildman–Crippen MR) is 73.9 cm³/mol. The van der Waals surface area contributed by atoms with Crippen LogP contribution < -0.4 is 0 Å². The zero-order valence-electron chi connectivity index (χ0n) is 9.20. The van der Waals surface area contributed by atoms with Crippen molar-refractivity contribution in [1.82, 2.24) is 9.97 Å². The van der Waals surface area contributed by atoms with Crippen molar-refractivity contribution in [2.45, 2.75) is 0 Å². The third kappa shape index (κ3) is 4.79. The number of aromatic nitrogens is 2. The topological polar surface area (TPSA) is 109 Å². The highest BCUT2D eigenvalue weighted by atomic mass is 79.9. The number of halogens is 2. The van der Waals surface area contributed by atoms with Gasteiger partial charge in [0.05, 0.1) is 0 Å². The fourth-order valence-corrected chi connectivity index (χ4v) is 1.46. The third-order valence-corrected chi connectivity index (χ3v) is 2.94. The van der Waals surface area contributed by atoms with Gasteiger partial charge in [0, 0.05) is 28.2 Å². The maximum Gasteiger partial charge on any atom is 0.364 e. The highest BCUT2D eigenvalue weighted by Gasteiger charge is 2.11. The van der Waals surface area contributed by atoms with Crippen LogP contribution in [0.5, 0.6) is 11.5 Å². The minimum absolute atomic E-state index is 0.0756. The second-order valence-electron chi connectivity index (χ2n) is 3.05. The van der Waals surface area contributed by atoms with Gasteiger partial charge in [0.15, 0.2) is 5.75 Å². The minimum atomic E-state index is -0.635. The number of pyridine rings is 2. The summed E-state index contributed by atoms with van der Waals surface area (Å²) in [5.41, 5.74) is 0. The average molecular weight is 393 g/mol. The van der Waals surface area contributed by atoms with Gasteiger partial charge in [-0.2, -0.15) is 0 Å². The van der Waals surface area contributed by atoms with Crippen LogP contribution >= 0.6 is 31.9 Å². The van der Waals surface area contributed by atoms with Gasteiger partial charge in [0.25, 0.3) is 4.60 Å². The second-order valence-corrected chi connectivity index (χ2v) is 4.55. The van der Waals surface area contributed by atoms with Gasteiger partial charge in [-0.15, -0.1) is 0 Å². The van der Waals surface area contributed by atoms with Crippen LogP contribution in [-0.2, 0) is 0 Å². The largest absolute Gasteiger partial charge is 0.505 e. The van der Waals surface area contributed by atoms with Crippen molar-refractivity contribution in [2.75, 3.05) is 0 Å². The van der Waals surface area contributed by atoms with Gasteiger partial charge in [-0.3, -0.25) is 0 Å². The van der Waals surface area contributed by atoms with E-state index in [0.29, 0.717) is 4.60 Å². The van der Waals surface area contributed by atoms with Crippen LogP contribution in [0.2, 0.25) is 0 Å². The SMILES string of the molecule is O=[N+]([O-])c1ccc(O)c(Br)n1.Oc1cccnc1Br. The fourth-order valence-electron chi connectivity index (χ4n) is 0.897. The van der Waals surface area contributed by atoms with Crippen LogP contribution in [0.15, 0.2) is 39.7 Å². The molecule has 100 valence electrons. The number of rotatable bonds is 1. The molecule has 0 aliphatic rings. The van der Waals surface area contributed by atoms with Crippen LogP contribution in [0.1, 0.15) is 0 Å². The molecule has 0 amide bonds. The Morgan fingerprint density at radius 1 is 1.11 bits per heavy atom. The van der Waals surface area contributed by atoms with E-state index >= 15 is 0 Å². The fraction of sp³-hybridized carbons (Fsp3) is 0. The van der Waals surface area contributed by atoms with E-state index in [1.165, 1.54) is 6.07 Å². The highest BCUT2D eigenvalue weighted by molar-refractivity contribution is 9.10. The van der Waals surface area contributed by atoms with Crippen LogP contribution in [-0.4, -0.2) is 25.1 Å². The Kier molecular flexibility index (Phi) is 5.64. The van der Waals surface area contributed by atoms with Crippen molar-refractivity contribution >= 4 is 37.7 Å². The molecule has 2 aromatic heterocycles. The monoisotopic (exact) mass is 391 g/mol. The molecule has 0 atom stereocenters. The normalized spacial score (nSPS) is 9.37. The zero-order valence-corrected chi connectivity index (χ0v) is 12.4. The summed E-state index contributed by atoms with van der Waals surface area (Å²) in [6, 6.07) is 5.56. The Bertz CT molecular complexity index is 574. The van der Waals surface area contributed by atoms with Gasteiger partial charge < -0.3 is 20.3 Å². The van der Waals surface area contributed by atoms with Crippen LogP contribution in [0.25, 0.3) is 0 Å². The first-order chi connectivity index (χ1) is 8.91. The smallest absolute Gasteiger partial charge is 0.364 e. The summed E-state index contributed by atoms with van der Waals surface area (Å²) in [6.07, 6.45) is 1.60. The molecule has 2 aromatic rings. The van der Waals surface area contributed by atoms with E-state index in [9.17, 15) is 10.1 Å². The Morgan fingerprint density at radius 3 is 2.16 bits per heavy atom. The standard InChI is InChI=1S/C5H3BrN2O3.C5H4BrNO/c6-5-3(9)1-2-4(7-5)8(10)11;6-5-4(8)2-1-3-7-5/h1-2,9H;1-3,8H. The van der Waals surface area contributed by atoms with Crippen molar-refractivity contribution in [3.63, 3.8) is 0 Å². The Morgan fingerprint density at radius 2 is 1.74 bits per heavy atom. The lowest BCUT2D eigenvalue weighted by atomic mass is 10.4. The first-order valence-electron chi connectivity index (χ1n) is 4.71. The van der Waals surface area contributed by atoms with Crippen molar-refractivity contribution < 1.29 is 15.1 Å². The molecule has 0 aromatic carbocycles. The lowest BCUT2D eigenvalue weighted by Gasteiger charge is -1.92. The molecular weight excluding hydrogens is 386 g/mol.